The molecule has 0 N–H and O–H groups in total. The Kier molecular flexibility index (Phi) is 3.87. The zero-order valence-electron chi connectivity index (χ0n) is 9.72. The highest BCUT2D eigenvalue weighted by Gasteiger charge is 2.37. The van der Waals surface area contributed by atoms with Crippen molar-refractivity contribution in [3.63, 3.8) is 0 Å². The Morgan fingerprint density at radius 1 is 1.40 bits per heavy atom. The lowest BCUT2D eigenvalue weighted by molar-refractivity contribution is 0.00184. The molecule has 0 aromatic heterocycles. The molecule has 1 nitrogen and oxygen atoms in total. The third-order valence-electron chi connectivity index (χ3n) is 3.21. The highest BCUT2D eigenvalue weighted by molar-refractivity contribution is 5.09. The normalized spacial score (nSPS) is 20.9. The molecular formula is C12H20F2O. The van der Waals surface area contributed by atoms with Crippen molar-refractivity contribution in [2.24, 2.45) is 11.3 Å². The van der Waals surface area contributed by atoms with Crippen molar-refractivity contribution in [3.8, 4) is 0 Å². The molecule has 0 aromatic rings. The van der Waals surface area contributed by atoms with E-state index in [-0.39, 0.29) is 5.41 Å². The summed E-state index contributed by atoms with van der Waals surface area (Å²) in [6.45, 7) is 3.62. The minimum Gasteiger partial charge on any atom is -0.384 e. The second-order valence-corrected chi connectivity index (χ2v) is 4.81. The minimum absolute atomic E-state index is 0.118. The first-order valence-electron chi connectivity index (χ1n) is 5.49. The van der Waals surface area contributed by atoms with Gasteiger partial charge >= 0.3 is 0 Å². The summed E-state index contributed by atoms with van der Waals surface area (Å²) >= 11 is 0. The fourth-order valence-corrected chi connectivity index (χ4v) is 1.76. The van der Waals surface area contributed by atoms with Crippen molar-refractivity contribution in [2.75, 3.05) is 13.7 Å². The Morgan fingerprint density at radius 2 is 2.00 bits per heavy atom. The number of alkyl halides is 2. The van der Waals surface area contributed by atoms with Gasteiger partial charge in [-0.3, -0.25) is 0 Å². The maximum atomic E-state index is 13.3. The average molecular weight is 218 g/mol. The molecular weight excluding hydrogens is 198 g/mol. The zero-order chi connectivity index (χ0) is 11.5. The monoisotopic (exact) mass is 218 g/mol. The molecule has 1 saturated carbocycles. The summed E-state index contributed by atoms with van der Waals surface area (Å²) in [6.07, 6.45) is 5.77. The predicted molar refractivity (Wildman–Crippen MR) is 57.1 cm³/mol. The molecule has 0 atom stereocenters. The highest BCUT2D eigenvalue weighted by Crippen LogP contribution is 2.43. The van der Waals surface area contributed by atoms with Crippen LogP contribution in [0.5, 0.6) is 0 Å². The molecule has 0 amide bonds. The van der Waals surface area contributed by atoms with E-state index < -0.39 is 11.8 Å². The van der Waals surface area contributed by atoms with Crippen LogP contribution in [0.1, 0.15) is 33.1 Å². The second kappa shape index (κ2) is 4.60. The first-order valence-corrected chi connectivity index (χ1v) is 5.49. The molecule has 88 valence electrons. The number of rotatable bonds is 5. The standard InChI is InChI=1S/C12H20F2O/c1-10(2)12(13,14)8-7-11(9-15-3)5-4-6-11/h7-8,10H,4-6,9H2,1-3H3/b8-7+. The number of hydrogen-bond acceptors (Lipinski definition) is 1. The summed E-state index contributed by atoms with van der Waals surface area (Å²) in [5.74, 6) is -3.34. The van der Waals surface area contributed by atoms with Gasteiger partial charge in [0.1, 0.15) is 0 Å². The molecule has 0 radical (unpaired) electrons. The van der Waals surface area contributed by atoms with Crippen molar-refractivity contribution >= 4 is 0 Å². The van der Waals surface area contributed by atoms with Gasteiger partial charge in [-0.05, 0) is 18.9 Å². The highest BCUT2D eigenvalue weighted by atomic mass is 19.3. The van der Waals surface area contributed by atoms with E-state index >= 15 is 0 Å². The summed E-state index contributed by atoms with van der Waals surface area (Å²) in [6, 6.07) is 0. The fourth-order valence-electron chi connectivity index (χ4n) is 1.76. The Balaban J connectivity index is 2.62. The molecule has 0 aromatic carbocycles. The molecule has 0 saturated heterocycles. The fraction of sp³-hybridized carbons (Fsp3) is 0.833. The predicted octanol–water partition coefficient (Wildman–Crippen LogP) is 3.65. The molecule has 15 heavy (non-hydrogen) atoms. The second-order valence-electron chi connectivity index (χ2n) is 4.81. The molecule has 1 fully saturated rings. The Hall–Kier alpha value is -0.440. The van der Waals surface area contributed by atoms with Gasteiger partial charge in [-0.2, -0.15) is 0 Å². The maximum Gasteiger partial charge on any atom is 0.268 e. The third-order valence-corrected chi connectivity index (χ3v) is 3.21. The SMILES string of the molecule is COCC1(/C=C/C(F)(F)C(C)C)CCC1. The van der Waals surface area contributed by atoms with Gasteiger partial charge in [0.15, 0.2) is 0 Å². The van der Waals surface area contributed by atoms with Gasteiger partial charge in [0.2, 0.25) is 0 Å². The molecule has 0 heterocycles. The van der Waals surface area contributed by atoms with Crippen LogP contribution in [-0.4, -0.2) is 19.6 Å². The smallest absolute Gasteiger partial charge is 0.268 e. The summed E-state index contributed by atoms with van der Waals surface area (Å²) < 4.78 is 31.8. The van der Waals surface area contributed by atoms with Crippen LogP contribution >= 0.6 is 0 Å². The Bertz CT molecular complexity index is 230. The summed E-state index contributed by atoms with van der Waals surface area (Å²) in [7, 11) is 1.62. The number of ether oxygens (including phenoxy) is 1. The van der Waals surface area contributed by atoms with Gasteiger partial charge < -0.3 is 4.74 Å². The lowest BCUT2D eigenvalue weighted by Gasteiger charge is -2.39. The van der Waals surface area contributed by atoms with E-state index in [9.17, 15) is 8.78 Å². The first-order chi connectivity index (χ1) is 6.92. The average Bonchev–Trinajstić information content (AvgIpc) is 2.09. The molecule has 1 aliphatic rings. The number of allylic oxidation sites excluding steroid dienone is 1. The quantitative estimate of drug-likeness (QED) is 0.640. The topological polar surface area (TPSA) is 9.23 Å². The van der Waals surface area contributed by atoms with Crippen LogP contribution in [0.3, 0.4) is 0 Å². The Morgan fingerprint density at radius 3 is 2.33 bits per heavy atom. The van der Waals surface area contributed by atoms with E-state index in [2.05, 4.69) is 0 Å². The van der Waals surface area contributed by atoms with Crippen molar-refractivity contribution in [1.29, 1.82) is 0 Å². The molecule has 1 rings (SSSR count). The molecule has 0 unspecified atom stereocenters. The third kappa shape index (κ3) is 3.00. The lowest BCUT2D eigenvalue weighted by Crippen LogP contribution is -2.33. The molecule has 3 heteroatoms. The summed E-state index contributed by atoms with van der Waals surface area (Å²) in [5.41, 5.74) is -0.118. The van der Waals surface area contributed by atoms with Crippen LogP contribution in [0.15, 0.2) is 12.2 Å². The van der Waals surface area contributed by atoms with Gasteiger partial charge in [0.25, 0.3) is 5.92 Å². The largest absolute Gasteiger partial charge is 0.384 e. The zero-order valence-corrected chi connectivity index (χ0v) is 9.72. The van der Waals surface area contributed by atoms with Crippen LogP contribution in [0.2, 0.25) is 0 Å². The van der Waals surface area contributed by atoms with Gasteiger partial charge in [0.05, 0.1) is 6.61 Å². The van der Waals surface area contributed by atoms with E-state index in [1.54, 1.807) is 13.2 Å². The van der Waals surface area contributed by atoms with Crippen molar-refractivity contribution in [1.82, 2.24) is 0 Å². The van der Waals surface area contributed by atoms with Crippen LogP contribution in [-0.2, 0) is 4.74 Å². The van der Waals surface area contributed by atoms with E-state index in [0.717, 1.165) is 25.3 Å². The van der Waals surface area contributed by atoms with Gasteiger partial charge in [-0.15, -0.1) is 0 Å². The molecule has 0 bridgehead atoms. The van der Waals surface area contributed by atoms with E-state index in [4.69, 9.17) is 4.74 Å². The van der Waals surface area contributed by atoms with Gasteiger partial charge in [-0.1, -0.05) is 26.3 Å². The van der Waals surface area contributed by atoms with Crippen molar-refractivity contribution < 1.29 is 13.5 Å². The number of methoxy groups -OCH3 is 1. The number of hydrogen-bond donors (Lipinski definition) is 0. The van der Waals surface area contributed by atoms with E-state index in [1.807, 2.05) is 0 Å². The van der Waals surface area contributed by atoms with Gasteiger partial charge in [-0.25, -0.2) is 8.78 Å². The molecule has 1 aliphatic carbocycles. The van der Waals surface area contributed by atoms with Gasteiger partial charge in [0, 0.05) is 18.4 Å². The summed E-state index contributed by atoms with van der Waals surface area (Å²) in [5, 5.41) is 0. The van der Waals surface area contributed by atoms with E-state index in [0.29, 0.717) is 6.61 Å². The van der Waals surface area contributed by atoms with Crippen molar-refractivity contribution in [2.45, 2.75) is 39.0 Å². The lowest BCUT2D eigenvalue weighted by atomic mass is 9.69. The minimum atomic E-state index is -2.70. The van der Waals surface area contributed by atoms with Crippen LogP contribution < -0.4 is 0 Å². The van der Waals surface area contributed by atoms with Crippen LogP contribution in [0, 0.1) is 11.3 Å². The molecule has 0 spiro atoms. The van der Waals surface area contributed by atoms with Crippen LogP contribution in [0.4, 0.5) is 8.78 Å². The van der Waals surface area contributed by atoms with E-state index in [1.165, 1.54) is 13.8 Å². The maximum absolute atomic E-state index is 13.3. The Labute approximate surface area is 90.5 Å². The number of halogens is 2. The van der Waals surface area contributed by atoms with Crippen molar-refractivity contribution in [3.05, 3.63) is 12.2 Å². The molecule has 0 aliphatic heterocycles. The summed E-state index contributed by atoms with van der Waals surface area (Å²) in [4.78, 5) is 0. The first kappa shape index (κ1) is 12.6. The van der Waals surface area contributed by atoms with Crippen LogP contribution in [0.25, 0.3) is 0 Å².